The molecule has 0 aliphatic carbocycles. The molecule has 0 atom stereocenters. The molecule has 0 bridgehead atoms. The SMILES string of the molecule is COC(=O)CN1C(=O)SC(=Cc2cc(Br)ccc2OC)C1=O. The van der Waals surface area contributed by atoms with Crippen LogP contribution in [-0.4, -0.2) is 42.8 Å². The van der Waals surface area contributed by atoms with Crippen molar-refractivity contribution >= 4 is 50.9 Å². The fourth-order valence-corrected chi connectivity index (χ4v) is 3.00. The Hall–Kier alpha value is -1.80. The molecule has 0 saturated carbocycles. The summed E-state index contributed by atoms with van der Waals surface area (Å²) in [5, 5.41) is -0.504. The molecule has 8 heteroatoms. The van der Waals surface area contributed by atoms with E-state index >= 15 is 0 Å². The zero-order valence-electron chi connectivity index (χ0n) is 11.8. The number of ether oxygens (including phenoxy) is 2. The number of imide groups is 1. The summed E-state index contributed by atoms with van der Waals surface area (Å²) >= 11 is 4.11. The van der Waals surface area contributed by atoms with E-state index in [1.54, 1.807) is 24.3 Å². The van der Waals surface area contributed by atoms with Gasteiger partial charge in [0, 0.05) is 10.0 Å². The molecule has 2 amide bonds. The first kappa shape index (κ1) is 16.6. The van der Waals surface area contributed by atoms with Gasteiger partial charge in [0.25, 0.3) is 11.1 Å². The highest BCUT2D eigenvalue weighted by Gasteiger charge is 2.36. The second-order valence-electron chi connectivity index (χ2n) is 4.23. The van der Waals surface area contributed by atoms with E-state index < -0.39 is 23.7 Å². The molecular formula is C14H12BrNO5S. The third-order valence-corrected chi connectivity index (χ3v) is 4.27. The number of esters is 1. The number of thioether (sulfide) groups is 1. The number of halogens is 1. The lowest BCUT2D eigenvalue weighted by atomic mass is 10.2. The second kappa shape index (κ2) is 6.97. The van der Waals surface area contributed by atoms with Crippen molar-refractivity contribution in [1.29, 1.82) is 0 Å². The van der Waals surface area contributed by atoms with E-state index in [9.17, 15) is 14.4 Å². The fraction of sp³-hybridized carbons (Fsp3) is 0.214. The average molecular weight is 386 g/mol. The van der Waals surface area contributed by atoms with Crippen molar-refractivity contribution in [2.45, 2.75) is 0 Å². The quantitative estimate of drug-likeness (QED) is 0.585. The Kier molecular flexibility index (Phi) is 5.25. The highest BCUT2D eigenvalue weighted by molar-refractivity contribution is 9.10. The summed E-state index contributed by atoms with van der Waals surface area (Å²) in [6.45, 7) is -0.395. The van der Waals surface area contributed by atoms with Crippen LogP contribution in [0.2, 0.25) is 0 Å². The van der Waals surface area contributed by atoms with Gasteiger partial charge in [0.05, 0.1) is 19.1 Å². The lowest BCUT2D eigenvalue weighted by Crippen LogP contribution is -2.34. The first-order valence-electron chi connectivity index (χ1n) is 6.12. The molecule has 0 unspecified atom stereocenters. The number of nitrogens with zero attached hydrogens (tertiary/aromatic N) is 1. The van der Waals surface area contributed by atoms with E-state index in [0.717, 1.165) is 21.1 Å². The van der Waals surface area contributed by atoms with Crippen LogP contribution in [0, 0.1) is 0 Å². The van der Waals surface area contributed by atoms with Crippen molar-refractivity contribution in [3.8, 4) is 5.75 Å². The van der Waals surface area contributed by atoms with Crippen LogP contribution in [0.3, 0.4) is 0 Å². The number of hydrogen-bond acceptors (Lipinski definition) is 6. The number of rotatable bonds is 4. The Balaban J connectivity index is 2.30. The van der Waals surface area contributed by atoms with Gasteiger partial charge in [-0.25, -0.2) is 0 Å². The largest absolute Gasteiger partial charge is 0.496 e. The van der Waals surface area contributed by atoms with Crippen molar-refractivity contribution in [1.82, 2.24) is 4.90 Å². The molecule has 1 saturated heterocycles. The first-order chi connectivity index (χ1) is 10.5. The van der Waals surface area contributed by atoms with Gasteiger partial charge < -0.3 is 9.47 Å². The highest BCUT2D eigenvalue weighted by Crippen LogP contribution is 2.34. The minimum Gasteiger partial charge on any atom is -0.496 e. The molecule has 22 heavy (non-hydrogen) atoms. The molecule has 1 aliphatic heterocycles. The normalized spacial score (nSPS) is 16.3. The van der Waals surface area contributed by atoms with Gasteiger partial charge in [-0.05, 0) is 36.0 Å². The number of carbonyl (C=O) groups is 3. The molecule has 116 valence electrons. The van der Waals surface area contributed by atoms with Crippen LogP contribution in [-0.2, 0) is 14.3 Å². The molecule has 1 aromatic carbocycles. The van der Waals surface area contributed by atoms with E-state index in [1.165, 1.54) is 14.2 Å². The summed E-state index contributed by atoms with van der Waals surface area (Å²) < 4.78 is 10.5. The summed E-state index contributed by atoms with van der Waals surface area (Å²) in [5.74, 6) is -0.603. The zero-order valence-corrected chi connectivity index (χ0v) is 14.2. The molecule has 2 rings (SSSR count). The minimum atomic E-state index is -0.649. The maximum atomic E-state index is 12.2. The molecule has 0 radical (unpaired) electrons. The van der Waals surface area contributed by atoms with Gasteiger partial charge in [0.15, 0.2) is 0 Å². The predicted octanol–water partition coefficient (Wildman–Crippen LogP) is 2.67. The van der Waals surface area contributed by atoms with Crippen LogP contribution in [0.5, 0.6) is 5.75 Å². The van der Waals surface area contributed by atoms with Gasteiger partial charge in [-0.1, -0.05) is 15.9 Å². The molecule has 0 spiro atoms. The van der Waals surface area contributed by atoms with Crippen molar-refractivity contribution < 1.29 is 23.9 Å². The number of benzene rings is 1. The molecule has 0 aromatic heterocycles. The van der Waals surface area contributed by atoms with Crippen molar-refractivity contribution in [3.63, 3.8) is 0 Å². The number of carbonyl (C=O) groups excluding carboxylic acids is 3. The van der Waals surface area contributed by atoms with Gasteiger partial charge >= 0.3 is 5.97 Å². The summed E-state index contributed by atoms with van der Waals surface area (Å²) in [6, 6.07) is 5.32. The van der Waals surface area contributed by atoms with Gasteiger partial charge in [-0.15, -0.1) is 0 Å². The molecular weight excluding hydrogens is 374 g/mol. The third-order valence-electron chi connectivity index (χ3n) is 2.87. The lowest BCUT2D eigenvalue weighted by Gasteiger charge is -2.10. The molecule has 0 N–H and O–H groups in total. The van der Waals surface area contributed by atoms with Crippen LogP contribution < -0.4 is 4.74 Å². The summed E-state index contributed by atoms with van der Waals surface area (Å²) in [5.41, 5.74) is 0.653. The molecule has 1 aromatic rings. The topological polar surface area (TPSA) is 72.9 Å². The second-order valence-corrected chi connectivity index (χ2v) is 6.14. The van der Waals surface area contributed by atoms with Crippen LogP contribution >= 0.6 is 27.7 Å². The summed E-state index contributed by atoms with van der Waals surface area (Å²) in [4.78, 5) is 36.4. The van der Waals surface area contributed by atoms with E-state index in [0.29, 0.717) is 11.3 Å². The number of methoxy groups -OCH3 is 2. The Morgan fingerprint density at radius 2 is 2.09 bits per heavy atom. The van der Waals surface area contributed by atoms with Crippen LogP contribution in [0.1, 0.15) is 5.56 Å². The smallest absolute Gasteiger partial charge is 0.325 e. The van der Waals surface area contributed by atoms with Gasteiger partial charge in [-0.2, -0.15) is 0 Å². The predicted molar refractivity (Wildman–Crippen MR) is 85.4 cm³/mol. The van der Waals surface area contributed by atoms with Gasteiger partial charge in [-0.3, -0.25) is 19.3 Å². The first-order valence-corrected chi connectivity index (χ1v) is 7.73. The standard InChI is InChI=1S/C14H12BrNO5S/c1-20-10-4-3-9(15)5-8(10)6-11-13(18)16(14(19)22-11)7-12(17)21-2/h3-6H,7H2,1-2H3. The Morgan fingerprint density at radius 1 is 1.36 bits per heavy atom. The van der Waals surface area contributed by atoms with Crippen LogP contribution in [0.15, 0.2) is 27.6 Å². The van der Waals surface area contributed by atoms with Gasteiger partial charge in [0.1, 0.15) is 12.3 Å². The Morgan fingerprint density at radius 3 is 2.73 bits per heavy atom. The van der Waals surface area contributed by atoms with Crippen molar-refractivity contribution in [2.24, 2.45) is 0 Å². The van der Waals surface area contributed by atoms with Crippen molar-refractivity contribution in [2.75, 3.05) is 20.8 Å². The Labute approximate surface area is 139 Å². The summed E-state index contributed by atoms with van der Waals surface area (Å²) in [7, 11) is 2.72. The number of amides is 2. The monoisotopic (exact) mass is 385 g/mol. The Bertz CT molecular complexity index is 673. The van der Waals surface area contributed by atoms with E-state index in [-0.39, 0.29) is 4.91 Å². The molecule has 1 fully saturated rings. The maximum Gasteiger partial charge on any atom is 0.325 e. The maximum absolute atomic E-state index is 12.2. The van der Waals surface area contributed by atoms with Gasteiger partial charge in [0.2, 0.25) is 0 Å². The van der Waals surface area contributed by atoms with E-state index in [1.807, 2.05) is 0 Å². The number of hydrogen-bond donors (Lipinski definition) is 0. The zero-order chi connectivity index (χ0) is 16.3. The molecule has 6 nitrogen and oxygen atoms in total. The van der Waals surface area contributed by atoms with Crippen LogP contribution in [0.4, 0.5) is 4.79 Å². The van der Waals surface area contributed by atoms with Crippen LogP contribution in [0.25, 0.3) is 6.08 Å². The molecule has 1 aliphatic rings. The minimum absolute atomic E-state index is 0.227. The summed E-state index contributed by atoms with van der Waals surface area (Å²) in [6.07, 6.45) is 1.56. The van der Waals surface area contributed by atoms with Crippen molar-refractivity contribution in [3.05, 3.63) is 33.1 Å². The lowest BCUT2D eigenvalue weighted by molar-refractivity contribution is -0.143. The third kappa shape index (κ3) is 3.50. The van der Waals surface area contributed by atoms with E-state index in [2.05, 4.69) is 20.7 Å². The molecule has 1 heterocycles. The van der Waals surface area contributed by atoms with E-state index in [4.69, 9.17) is 4.74 Å². The highest BCUT2D eigenvalue weighted by atomic mass is 79.9. The fourth-order valence-electron chi connectivity index (χ4n) is 1.79. The average Bonchev–Trinajstić information content (AvgIpc) is 2.75.